The Morgan fingerprint density at radius 2 is 1.80 bits per heavy atom. The van der Waals surface area contributed by atoms with E-state index < -0.39 is 0 Å². The zero-order chi connectivity index (χ0) is 13.7. The molecule has 1 aromatic rings. The molecule has 1 saturated carbocycles. The van der Waals surface area contributed by atoms with Gasteiger partial charge in [-0.3, -0.25) is 4.79 Å². The van der Waals surface area contributed by atoms with E-state index in [1.54, 1.807) is 0 Å². The molecule has 20 heavy (non-hydrogen) atoms. The summed E-state index contributed by atoms with van der Waals surface area (Å²) in [5.74, 6) is 0.0937. The third-order valence-corrected chi connectivity index (χ3v) is 4.22. The van der Waals surface area contributed by atoms with Gasteiger partial charge in [-0.15, -0.1) is 12.4 Å². The number of anilines is 1. The van der Waals surface area contributed by atoms with E-state index in [0.29, 0.717) is 13.0 Å². The van der Waals surface area contributed by atoms with Gasteiger partial charge in [0.1, 0.15) is 0 Å². The van der Waals surface area contributed by atoms with Gasteiger partial charge >= 0.3 is 0 Å². The van der Waals surface area contributed by atoms with Crippen molar-refractivity contribution in [2.24, 2.45) is 11.1 Å². The molecule has 0 aliphatic heterocycles. The number of benzene rings is 1. The summed E-state index contributed by atoms with van der Waals surface area (Å²) in [4.78, 5) is 12.2. The maximum Gasteiger partial charge on any atom is 0.224 e. The van der Waals surface area contributed by atoms with Crippen LogP contribution in [0.1, 0.15) is 44.1 Å². The molecule has 0 bridgehead atoms. The minimum Gasteiger partial charge on any atom is -0.330 e. The van der Waals surface area contributed by atoms with Crippen molar-refractivity contribution in [1.29, 1.82) is 0 Å². The average Bonchev–Trinajstić information content (AvgIpc) is 2.42. The molecule has 1 aliphatic rings. The van der Waals surface area contributed by atoms with Crippen LogP contribution >= 0.6 is 12.4 Å². The van der Waals surface area contributed by atoms with Crippen LogP contribution in [0.25, 0.3) is 0 Å². The van der Waals surface area contributed by atoms with Crippen molar-refractivity contribution in [2.45, 2.75) is 45.4 Å². The lowest BCUT2D eigenvalue weighted by Crippen LogP contribution is -2.36. The van der Waals surface area contributed by atoms with Gasteiger partial charge in [0.25, 0.3) is 0 Å². The number of carbonyl (C=O) groups excluding carboxylic acids is 1. The largest absolute Gasteiger partial charge is 0.330 e. The fraction of sp³-hybridized carbons (Fsp3) is 0.562. The highest BCUT2D eigenvalue weighted by Crippen LogP contribution is 2.38. The quantitative estimate of drug-likeness (QED) is 0.891. The highest BCUT2D eigenvalue weighted by molar-refractivity contribution is 5.91. The molecule has 1 fully saturated rings. The predicted molar refractivity (Wildman–Crippen MR) is 86.2 cm³/mol. The van der Waals surface area contributed by atoms with Crippen molar-refractivity contribution in [3.63, 3.8) is 0 Å². The highest BCUT2D eigenvalue weighted by Gasteiger charge is 2.32. The van der Waals surface area contributed by atoms with Gasteiger partial charge in [-0.25, -0.2) is 0 Å². The number of amides is 1. The molecular formula is C16H25ClN2O. The molecule has 0 spiro atoms. The lowest BCUT2D eigenvalue weighted by atomic mass is 9.71. The van der Waals surface area contributed by atoms with Gasteiger partial charge in [0.15, 0.2) is 0 Å². The first-order chi connectivity index (χ1) is 9.13. The molecule has 112 valence electrons. The van der Waals surface area contributed by atoms with Crippen molar-refractivity contribution in [3.8, 4) is 0 Å². The minimum atomic E-state index is 0. The van der Waals surface area contributed by atoms with Crippen LogP contribution in [0.4, 0.5) is 5.69 Å². The van der Waals surface area contributed by atoms with Crippen LogP contribution in [0, 0.1) is 12.3 Å². The molecule has 0 radical (unpaired) electrons. The third-order valence-electron chi connectivity index (χ3n) is 4.22. The summed E-state index contributed by atoms with van der Waals surface area (Å²) in [5.41, 5.74) is 8.03. The fourth-order valence-electron chi connectivity index (χ4n) is 2.94. The van der Waals surface area contributed by atoms with Crippen molar-refractivity contribution < 1.29 is 4.79 Å². The Morgan fingerprint density at radius 1 is 1.20 bits per heavy atom. The molecule has 0 atom stereocenters. The molecule has 3 nitrogen and oxygen atoms in total. The van der Waals surface area contributed by atoms with Crippen molar-refractivity contribution >= 4 is 24.0 Å². The van der Waals surface area contributed by atoms with E-state index in [1.807, 2.05) is 31.2 Å². The molecule has 0 unspecified atom stereocenters. The van der Waals surface area contributed by atoms with E-state index in [1.165, 1.54) is 24.8 Å². The Morgan fingerprint density at radius 3 is 2.35 bits per heavy atom. The van der Waals surface area contributed by atoms with Crippen LogP contribution in [0.2, 0.25) is 0 Å². The zero-order valence-electron chi connectivity index (χ0n) is 12.2. The summed E-state index contributed by atoms with van der Waals surface area (Å²) in [6.45, 7) is 2.66. The number of halogens is 1. The number of hydrogen-bond donors (Lipinski definition) is 2. The fourth-order valence-corrected chi connectivity index (χ4v) is 2.94. The monoisotopic (exact) mass is 296 g/mol. The molecule has 2 rings (SSSR count). The zero-order valence-corrected chi connectivity index (χ0v) is 13.0. The van der Waals surface area contributed by atoms with E-state index in [9.17, 15) is 4.79 Å². The SMILES string of the molecule is Cc1ccc(NC(=O)CC2(CN)CCCCC2)cc1.Cl. The molecular weight excluding hydrogens is 272 g/mol. The molecule has 1 aliphatic carbocycles. The number of rotatable bonds is 4. The summed E-state index contributed by atoms with van der Waals surface area (Å²) >= 11 is 0. The predicted octanol–water partition coefficient (Wildman–Crippen LogP) is 3.65. The average molecular weight is 297 g/mol. The van der Waals surface area contributed by atoms with Crippen molar-refractivity contribution in [3.05, 3.63) is 29.8 Å². The second kappa shape index (κ2) is 7.65. The summed E-state index contributed by atoms with van der Waals surface area (Å²) < 4.78 is 0. The lowest BCUT2D eigenvalue weighted by molar-refractivity contribution is -0.118. The second-order valence-corrected chi connectivity index (χ2v) is 5.86. The molecule has 0 heterocycles. The Hall–Kier alpha value is -1.06. The third kappa shape index (κ3) is 4.50. The van der Waals surface area contributed by atoms with E-state index in [0.717, 1.165) is 18.5 Å². The van der Waals surface area contributed by atoms with Gasteiger partial charge in [0.05, 0.1) is 0 Å². The van der Waals surface area contributed by atoms with Gasteiger partial charge in [-0.1, -0.05) is 37.0 Å². The normalized spacial score (nSPS) is 17.1. The van der Waals surface area contributed by atoms with Crippen molar-refractivity contribution in [1.82, 2.24) is 0 Å². The first-order valence-corrected chi connectivity index (χ1v) is 7.20. The summed E-state index contributed by atoms with van der Waals surface area (Å²) in [7, 11) is 0. The lowest BCUT2D eigenvalue weighted by Gasteiger charge is -2.35. The number of hydrogen-bond acceptors (Lipinski definition) is 2. The van der Waals surface area contributed by atoms with Crippen LogP contribution < -0.4 is 11.1 Å². The van der Waals surface area contributed by atoms with Gasteiger partial charge < -0.3 is 11.1 Å². The first-order valence-electron chi connectivity index (χ1n) is 7.20. The molecule has 0 saturated heterocycles. The molecule has 1 amide bonds. The topological polar surface area (TPSA) is 55.1 Å². The first kappa shape index (κ1) is 17.0. The van der Waals surface area contributed by atoms with Crippen molar-refractivity contribution in [2.75, 3.05) is 11.9 Å². The van der Waals surface area contributed by atoms with Gasteiger partial charge in [0.2, 0.25) is 5.91 Å². The Kier molecular flexibility index (Phi) is 6.50. The van der Waals surface area contributed by atoms with E-state index >= 15 is 0 Å². The Balaban J connectivity index is 0.00000200. The number of carbonyl (C=O) groups is 1. The van der Waals surface area contributed by atoms with Gasteiger partial charge in [0, 0.05) is 12.1 Å². The van der Waals surface area contributed by atoms with Crippen LogP contribution in [-0.2, 0) is 4.79 Å². The Labute approximate surface area is 127 Å². The van der Waals surface area contributed by atoms with E-state index in [4.69, 9.17) is 5.73 Å². The Bertz CT molecular complexity index is 425. The van der Waals surface area contributed by atoms with Gasteiger partial charge in [-0.05, 0) is 43.9 Å². The van der Waals surface area contributed by atoms with E-state index in [2.05, 4.69) is 5.32 Å². The summed E-state index contributed by atoms with van der Waals surface area (Å²) in [6, 6.07) is 7.91. The number of nitrogens with one attached hydrogen (secondary N) is 1. The van der Waals surface area contributed by atoms with Gasteiger partial charge in [-0.2, -0.15) is 0 Å². The van der Waals surface area contributed by atoms with Crippen LogP contribution in [-0.4, -0.2) is 12.5 Å². The van der Waals surface area contributed by atoms with Crippen LogP contribution in [0.5, 0.6) is 0 Å². The maximum absolute atomic E-state index is 12.2. The second-order valence-electron chi connectivity index (χ2n) is 5.86. The maximum atomic E-state index is 12.2. The summed E-state index contributed by atoms with van der Waals surface area (Å²) in [6.07, 6.45) is 6.42. The standard InChI is InChI=1S/C16H24N2O.ClH/c1-13-5-7-14(8-6-13)18-15(19)11-16(12-17)9-3-2-4-10-16;/h5-8H,2-4,9-12,17H2,1H3,(H,18,19);1H. The smallest absolute Gasteiger partial charge is 0.224 e. The minimum absolute atomic E-state index is 0. The summed E-state index contributed by atoms with van der Waals surface area (Å²) in [5, 5.41) is 2.98. The molecule has 0 aromatic heterocycles. The van der Waals surface area contributed by atoms with Crippen LogP contribution in [0.3, 0.4) is 0 Å². The molecule has 4 heteroatoms. The van der Waals surface area contributed by atoms with Crippen LogP contribution in [0.15, 0.2) is 24.3 Å². The highest BCUT2D eigenvalue weighted by atomic mass is 35.5. The van der Waals surface area contributed by atoms with E-state index in [-0.39, 0.29) is 23.7 Å². The number of aryl methyl sites for hydroxylation is 1. The number of nitrogens with two attached hydrogens (primary N) is 1. The molecule has 3 N–H and O–H groups in total. The molecule has 1 aromatic carbocycles.